The van der Waals surface area contributed by atoms with Crippen LogP contribution in [0.15, 0.2) is 0 Å². The first-order valence-electron chi connectivity index (χ1n) is 6.62. The van der Waals surface area contributed by atoms with Crippen molar-refractivity contribution in [1.29, 1.82) is 0 Å². The van der Waals surface area contributed by atoms with Gasteiger partial charge in [-0.05, 0) is 32.6 Å². The van der Waals surface area contributed by atoms with Crippen LogP contribution in [-0.4, -0.2) is 42.8 Å². The topological polar surface area (TPSA) is 38.5 Å². The Labute approximate surface area is 99.3 Å². The highest BCUT2D eigenvalue weighted by Gasteiger charge is 2.45. The number of rotatable bonds is 3. The third-order valence-corrected chi connectivity index (χ3v) is 4.66. The van der Waals surface area contributed by atoms with Gasteiger partial charge in [0.05, 0.1) is 6.61 Å². The number of ether oxygens (including phenoxy) is 1. The molecule has 2 heterocycles. The van der Waals surface area contributed by atoms with E-state index in [2.05, 4.69) is 25.7 Å². The van der Waals surface area contributed by atoms with Gasteiger partial charge in [0.15, 0.2) is 0 Å². The van der Waals surface area contributed by atoms with Gasteiger partial charge >= 0.3 is 0 Å². The van der Waals surface area contributed by atoms with Crippen molar-refractivity contribution in [2.75, 3.05) is 26.3 Å². The minimum atomic E-state index is 0.140. The lowest BCUT2D eigenvalue weighted by molar-refractivity contribution is 0.0383. The smallest absolute Gasteiger partial charge is 0.0513 e. The third kappa shape index (κ3) is 2.01. The first-order valence-corrected chi connectivity index (χ1v) is 6.62. The summed E-state index contributed by atoms with van der Waals surface area (Å²) in [6.45, 7) is 10.8. The van der Waals surface area contributed by atoms with Gasteiger partial charge in [-0.2, -0.15) is 0 Å². The van der Waals surface area contributed by atoms with Crippen molar-refractivity contribution >= 4 is 0 Å². The van der Waals surface area contributed by atoms with Crippen LogP contribution in [0.2, 0.25) is 0 Å². The predicted molar refractivity (Wildman–Crippen MR) is 66.3 cm³/mol. The molecule has 2 saturated heterocycles. The highest BCUT2D eigenvalue weighted by Crippen LogP contribution is 2.37. The molecule has 0 aromatic heterocycles. The Balaban J connectivity index is 2.13. The highest BCUT2D eigenvalue weighted by molar-refractivity contribution is 5.00. The molecular weight excluding hydrogens is 200 g/mol. The maximum Gasteiger partial charge on any atom is 0.0513 e. The molecule has 4 unspecified atom stereocenters. The maximum atomic E-state index is 6.08. The van der Waals surface area contributed by atoms with E-state index in [9.17, 15) is 0 Å². The molecule has 94 valence electrons. The molecule has 2 aliphatic rings. The fraction of sp³-hybridized carbons (Fsp3) is 1.00. The molecule has 0 bridgehead atoms. The Morgan fingerprint density at radius 1 is 1.44 bits per heavy atom. The summed E-state index contributed by atoms with van der Waals surface area (Å²) in [5.41, 5.74) is 6.22. The lowest BCUT2D eigenvalue weighted by atomic mass is 9.83. The third-order valence-electron chi connectivity index (χ3n) is 4.66. The van der Waals surface area contributed by atoms with E-state index in [0.717, 1.165) is 25.7 Å². The molecule has 0 spiro atoms. The van der Waals surface area contributed by atoms with Gasteiger partial charge in [0, 0.05) is 37.2 Å². The Hall–Kier alpha value is -0.120. The SMILES string of the molecule is CC1CC(C)N(C(C)(CN)C2CCOC2)C1. The summed E-state index contributed by atoms with van der Waals surface area (Å²) in [5, 5.41) is 0. The van der Waals surface area contributed by atoms with E-state index in [1.807, 2.05) is 0 Å². The molecule has 2 N–H and O–H groups in total. The first-order chi connectivity index (χ1) is 7.58. The Morgan fingerprint density at radius 2 is 2.19 bits per heavy atom. The zero-order chi connectivity index (χ0) is 11.8. The minimum absolute atomic E-state index is 0.140. The van der Waals surface area contributed by atoms with Crippen LogP contribution >= 0.6 is 0 Å². The van der Waals surface area contributed by atoms with E-state index < -0.39 is 0 Å². The lowest BCUT2D eigenvalue weighted by Gasteiger charge is -2.44. The lowest BCUT2D eigenvalue weighted by Crippen LogP contribution is -2.58. The van der Waals surface area contributed by atoms with Gasteiger partial charge in [-0.1, -0.05) is 6.92 Å². The summed E-state index contributed by atoms with van der Waals surface area (Å²) in [5.74, 6) is 1.42. The molecule has 2 rings (SSSR count). The second kappa shape index (κ2) is 4.63. The number of hydrogen-bond acceptors (Lipinski definition) is 3. The van der Waals surface area contributed by atoms with Crippen LogP contribution in [0.25, 0.3) is 0 Å². The molecule has 3 heteroatoms. The van der Waals surface area contributed by atoms with Gasteiger partial charge < -0.3 is 10.5 Å². The first kappa shape index (κ1) is 12.3. The fourth-order valence-electron chi connectivity index (χ4n) is 3.56. The van der Waals surface area contributed by atoms with Gasteiger partial charge in [0.25, 0.3) is 0 Å². The summed E-state index contributed by atoms with van der Waals surface area (Å²) in [4.78, 5) is 2.64. The van der Waals surface area contributed by atoms with E-state index in [1.54, 1.807) is 0 Å². The number of nitrogens with zero attached hydrogens (tertiary/aromatic N) is 1. The van der Waals surface area contributed by atoms with Crippen LogP contribution in [0.5, 0.6) is 0 Å². The van der Waals surface area contributed by atoms with E-state index in [-0.39, 0.29) is 5.54 Å². The van der Waals surface area contributed by atoms with Crippen molar-refractivity contribution in [3.63, 3.8) is 0 Å². The molecule has 0 amide bonds. The van der Waals surface area contributed by atoms with Crippen LogP contribution in [0, 0.1) is 11.8 Å². The Bertz CT molecular complexity index is 240. The molecule has 3 nitrogen and oxygen atoms in total. The molecule has 16 heavy (non-hydrogen) atoms. The molecule has 4 atom stereocenters. The largest absolute Gasteiger partial charge is 0.381 e. The summed E-state index contributed by atoms with van der Waals surface area (Å²) in [6.07, 6.45) is 2.48. The van der Waals surface area contributed by atoms with E-state index in [0.29, 0.717) is 12.0 Å². The predicted octanol–water partition coefficient (Wildman–Crippen LogP) is 1.47. The zero-order valence-corrected chi connectivity index (χ0v) is 10.9. The summed E-state index contributed by atoms with van der Waals surface area (Å²) >= 11 is 0. The molecule has 0 radical (unpaired) electrons. The fourth-order valence-corrected chi connectivity index (χ4v) is 3.56. The molecular formula is C13H26N2O. The van der Waals surface area contributed by atoms with Crippen LogP contribution < -0.4 is 5.73 Å². The Morgan fingerprint density at radius 3 is 2.62 bits per heavy atom. The average Bonchev–Trinajstić information content (AvgIpc) is 2.87. The van der Waals surface area contributed by atoms with Crippen molar-refractivity contribution < 1.29 is 4.74 Å². The minimum Gasteiger partial charge on any atom is -0.381 e. The summed E-state index contributed by atoms with van der Waals surface area (Å²) < 4.78 is 5.54. The molecule has 0 aliphatic carbocycles. The van der Waals surface area contributed by atoms with Gasteiger partial charge in [-0.3, -0.25) is 4.90 Å². The summed E-state index contributed by atoms with van der Waals surface area (Å²) in [6, 6.07) is 0.671. The van der Waals surface area contributed by atoms with Crippen molar-refractivity contribution in [2.24, 2.45) is 17.6 Å². The molecule has 0 aromatic rings. The van der Waals surface area contributed by atoms with Crippen LogP contribution in [0.3, 0.4) is 0 Å². The second-order valence-electron chi connectivity index (χ2n) is 5.96. The molecule has 2 fully saturated rings. The van der Waals surface area contributed by atoms with Gasteiger partial charge in [0.1, 0.15) is 0 Å². The second-order valence-corrected chi connectivity index (χ2v) is 5.96. The quantitative estimate of drug-likeness (QED) is 0.792. The maximum absolute atomic E-state index is 6.08. The Kier molecular flexibility index (Phi) is 3.57. The van der Waals surface area contributed by atoms with E-state index >= 15 is 0 Å². The van der Waals surface area contributed by atoms with E-state index in [1.165, 1.54) is 19.4 Å². The van der Waals surface area contributed by atoms with Crippen molar-refractivity contribution in [3.8, 4) is 0 Å². The number of likely N-dealkylation sites (tertiary alicyclic amines) is 1. The normalized spacial score (nSPS) is 40.1. The average molecular weight is 226 g/mol. The van der Waals surface area contributed by atoms with Crippen molar-refractivity contribution in [1.82, 2.24) is 4.90 Å². The van der Waals surface area contributed by atoms with Gasteiger partial charge in [0.2, 0.25) is 0 Å². The molecule has 0 saturated carbocycles. The highest BCUT2D eigenvalue weighted by atomic mass is 16.5. The standard InChI is InChI=1S/C13H26N2O/c1-10-6-11(2)15(7-10)13(3,9-14)12-4-5-16-8-12/h10-12H,4-9,14H2,1-3H3. The number of nitrogens with two attached hydrogens (primary N) is 1. The van der Waals surface area contributed by atoms with Gasteiger partial charge in [-0.15, -0.1) is 0 Å². The van der Waals surface area contributed by atoms with Crippen LogP contribution in [0.1, 0.15) is 33.6 Å². The number of hydrogen-bond donors (Lipinski definition) is 1. The molecule has 2 aliphatic heterocycles. The van der Waals surface area contributed by atoms with Crippen molar-refractivity contribution in [3.05, 3.63) is 0 Å². The summed E-state index contributed by atoms with van der Waals surface area (Å²) in [7, 11) is 0. The van der Waals surface area contributed by atoms with Crippen LogP contribution in [0.4, 0.5) is 0 Å². The zero-order valence-electron chi connectivity index (χ0n) is 10.9. The molecule has 0 aromatic carbocycles. The monoisotopic (exact) mass is 226 g/mol. The van der Waals surface area contributed by atoms with Crippen molar-refractivity contribution in [2.45, 2.75) is 45.2 Å². The van der Waals surface area contributed by atoms with E-state index in [4.69, 9.17) is 10.5 Å². The van der Waals surface area contributed by atoms with Crippen LogP contribution in [-0.2, 0) is 4.74 Å². The van der Waals surface area contributed by atoms with Gasteiger partial charge in [-0.25, -0.2) is 0 Å².